The molecule has 0 heterocycles. The minimum atomic E-state index is -3.98. The number of amides is 1. The van der Waals surface area contributed by atoms with Crippen LogP contribution in [0.25, 0.3) is 0 Å². The maximum absolute atomic E-state index is 13.5. The Morgan fingerprint density at radius 3 is 2.32 bits per heavy atom. The highest BCUT2D eigenvalue weighted by Gasteiger charge is 2.28. The van der Waals surface area contributed by atoms with E-state index in [0.717, 1.165) is 26.9 Å². The Balaban J connectivity index is 1.68. The number of carbonyl (C=O) groups excluding carboxylic acids is 1. The van der Waals surface area contributed by atoms with Crippen molar-refractivity contribution in [3.8, 4) is 0 Å². The molecule has 1 N–H and O–H groups in total. The van der Waals surface area contributed by atoms with E-state index in [2.05, 4.69) is 5.32 Å². The van der Waals surface area contributed by atoms with E-state index in [4.69, 9.17) is 23.2 Å². The van der Waals surface area contributed by atoms with Gasteiger partial charge in [-0.05, 0) is 80.1 Å². The minimum Gasteiger partial charge on any atom is -0.354 e. The molecule has 0 saturated heterocycles. The lowest BCUT2D eigenvalue weighted by Gasteiger charge is -2.26. The first kappa shape index (κ1) is 26.4. The molecule has 3 aromatic rings. The Hall–Kier alpha value is -2.19. The maximum Gasteiger partial charge on any atom is 0.264 e. The van der Waals surface area contributed by atoms with Gasteiger partial charge in [0.05, 0.1) is 10.6 Å². The number of halogens is 2. The lowest BCUT2D eigenvalue weighted by Crippen LogP contribution is -2.41. The van der Waals surface area contributed by atoms with Gasteiger partial charge in [0.1, 0.15) is 6.54 Å². The van der Waals surface area contributed by atoms with Crippen molar-refractivity contribution in [2.45, 2.75) is 30.1 Å². The van der Waals surface area contributed by atoms with Crippen molar-refractivity contribution in [1.29, 1.82) is 0 Å². The topological polar surface area (TPSA) is 66.5 Å². The molecule has 0 aliphatic carbocycles. The van der Waals surface area contributed by atoms with Crippen LogP contribution in [-0.4, -0.2) is 33.2 Å². The number of nitrogens with zero attached hydrogens (tertiary/aromatic N) is 1. The van der Waals surface area contributed by atoms with Gasteiger partial charge in [-0.2, -0.15) is 0 Å². The van der Waals surface area contributed by atoms with Gasteiger partial charge in [0, 0.05) is 21.5 Å². The molecule has 3 rings (SSSR count). The first-order chi connectivity index (χ1) is 16.2. The maximum atomic E-state index is 13.5. The number of nitrogens with one attached hydrogen (secondary N) is 1. The predicted octanol–water partition coefficient (Wildman–Crippen LogP) is 6.10. The average molecular weight is 538 g/mol. The molecular formula is C25H26Cl2N2O3S2. The summed E-state index contributed by atoms with van der Waals surface area (Å²) in [5, 5.41) is 3.96. The van der Waals surface area contributed by atoms with Gasteiger partial charge in [-0.3, -0.25) is 9.10 Å². The van der Waals surface area contributed by atoms with Gasteiger partial charge in [-0.1, -0.05) is 47.0 Å². The van der Waals surface area contributed by atoms with Crippen molar-refractivity contribution < 1.29 is 13.2 Å². The Morgan fingerprint density at radius 1 is 0.971 bits per heavy atom. The van der Waals surface area contributed by atoms with Crippen LogP contribution in [0.3, 0.4) is 0 Å². The molecule has 0 radical (unpaired) electrons. The number of thioether (sulfide) groups is 1. The van der Waals surface area contributed by atoms with Gasteiger partial charge in [0.25, 0.3) is 10.0 Å². The lowest BCUT2D eigenvalue weighted by molar-refractivity contribution is -0.119. The third kappa shape index (κ3) is 6.92. The lowest BCUT2D eigenvalue weighted by atomic mass is 10.2. The highest BCUT2D eigenvalue weighted by molar-refractivity contribution is 7.99. The summed E-state index contributed by atoms with van der Waals surface area (Å²) >= 11 is 13.8. The fourth-order valence-electron chi connectivity index (χ4n) is 3.21. The van der Waals surface area contributed by atoms with Gasteiger partial charge in [-0.15, -0.1) is 11.8 Å². The van der Waals surface area contributed by atoms with E-state index in [0.29, 0.717) is 27.8 Å². The summed E-state index contributed by atoms with van der Waals surface area (Å²) in [5.41, 5.74) is 1.91. The summed E-state index contributed by atoms with van der Waals surface area (Å²) in [4.78, 5) is 14.0. The molecule has 5 nitrogen and oxygen atoms in total. The smallest absolute Gasteiger partial charge is 0.264 e. The van der Waals surface area contributed by atoms with Crippen LogP contribution in [0.1, 0.15) is 17.5 Å². The summed E-state index contributed by atoms with van der Waals surface area (Å²) in [6, 6.07) is 19.2. The quantitative estimate of drug-likeness (QED) is 0.251. The second-order valence-electron chi connectivity index (χ2n) is 7.71. The molecule has 0 saturated carbocycles. The number of aryl methyl sites for hydroxylation is 1. The average Bonchev–Trinajstić information content (AvgIpc) is 2.81. The zero-order valence-corrected chi connectivity index (χ0v) is 22.1. The van der Waals surface area contributed by atoms with Crippen molar-refractivity contribution in [2.75, 3.05) is 23.1 Å². The number of anilines is 1. The van der Waals surface area contributed by atoms with Crippen LogP contribution in [0.2, 0.25) is 10.0 Å². The number of hydrogen-bond acceptors (Lipinski definition) is 4. The zero-order valence-electron chi connectivity index (χ0n) is 18.9. The third-order valence-electron chi connectivity index (χ3n) is 5.13. The van der Waals surface area contributed by atoms with Gasteiger partial charge < -0.3 is 5.32 Å². The van der Waals surface area contributed by atoms with Crippen LogP contribution < -0.4 is 9.62 Å². The fourth-order valence-corrected chi connectivity index (χ4v) is 5.84. The summed E-state index contributed by atoms with van der Waals surface area (Å²) < 4.78 is 28.1. The molecule has 0 fully saturated rings. The van der Waals surface area contributed by atoms with Crippen molar-refractivity contribution >= 4 is 56.6 Å². The molecule has 0 atom stereocenters. The number of rotatable bonds is 10. The minimum absolute atomic E-state index is 0.115. The second-order valence-corrected chi connectivity index (χ2v) is 11.6. The Morgan fingerprint density at radius 2 is 1.65 bits per heavy atom. The third-order valence-corrected chi connectivity index (χ3v) is 8.66. The van der Waals surface area contributed by atoms with Gasteiger partial charge in [0.2, 0.25) is 5.91 Å². The van der Waals surface area contributed by atoms with Crippen molar-refractivity contribution in [3.05, 3.63) is 87.9 Å². The van der Waals surface area contributed by atoms with Gasteiger partial charge in [0.15, 0.2) is 0 Å². The highest BCUT2D eigenvalue weighted by Crippen LogP contribution is 2.31. The van der Waals surface area contributed by atoms with Crippen LogP contribution in [0, 0.1) is 13.8 Å². The molecule has 0 aliphatic heterocycles. The molecule has 0 bridgehead atoms. The van der Waals surface area contributed by atoms with E-state index in [1.165, 1.54) is 0 Å². The van der Waals surface area contributed by atoms with E-state index < -0.39 is 10.0 Å². The first-order valence-corrected chi connectivity index (χ1v) is 13.9. The van der Waals surface area contributed by atoms with Gasteiger partial charge in [-0.25, -0.2) is 8.42 Å². The van der Waals surface area contributed by atoms with Crippen LogP contribution in [0.4, 0.5) is 5.69 Å². The monoisotopic (exact) mass is 536 g/mol. The molecule has 0 aromatic heterocycles. The summed E-state index contributed by atoms with van der Waals surface area (Å²) in [7, 11) is -3.98. The zero-order chi connectivity index (χ0) is 24.7. The normalized spacial score (nSPS) is 11.3. The van der Waals surface area contributed by atoms with E-state index in [-0.39, 0.29) is 17.3 Å². The molecule has 180 valence electrons. The number of benzene rings is 3. The fraction of sp³-hybridized carbons (Fsp3) is 0.240. The largest absolute Gasteiger partial charge is 0.354 e. The first-order valence-electron chi connectivity index (χ1n) is 10.7. The van der Waals surface area contributed by atoms with Crippen molar-refractivity contribution in [3.63, 3.8) is 0 Å². The van der Waals surface area contributed by atoms with Crippen LogP contribution in [-0.2, 0) is 14.8 Å². The summed E-state index contributed by atoms with van der Waals surface area (Å²) in [6.45, 7) is 3.71. The van der Waals surface area contributed by atoms with Gasteiger partial charge >= 0.3 is 0 Å². The van der Waals surface area contributed by atoms with E-state index in [1.54, 1.807) is 61.2 Å². The Kier molecular flexibility index (Phi) is 9.31. The standard InChI is InChI=1S/C25H26Cl2N2O3S2/c1-18-7-13-22(14-8-18)34(31,32)29(24-6-3-5-23(27)19(24)2)17-25(30)28-15-4-16-33-21-11-9-20(26)10-12-21/h3,5-14H,4,15-17H2,1-2H3,(H,28,30). The molecule has 0 aliphatic rings. The Bertz CT molecular complexity index is 1230. The molecule has 9 heteroatoms. The SMILES string of the molecule is Cc1ccc(S(=O)(=O)N(CC(=O)NCCCSc2ccc(Cl)cc2)c2cccc(Cl)c2C)cc1. The van der Waals surface area contributed by atoms with E-state index in [9.17, 15) is 13.2 Å². The molecule has 0 spiro atoms. The predicted molar refractivity (Wildman–Crippen MR) is 142 cm³/mol. The second kappa shape index (κ2) is 12.0. The van der Waals surface area contributed by atoms with E-state index >= 15 is 0 Å². The highest BCUT2D eigenvalue weighted by atomic mass is 35.5. The number of carbonyl (C=O) groups is 1. The summed E-state index contributed by atoms with van der Waals surface area (Å²) in [5.74, 6) is 0.423. The molecule has 3 aromatic carbocycles. The van der Waals surface area contributed by atoms with E-state index in [1.807, 2.05) is 31.2 Å². The molecule has 1 amide bonds. The van der Waals surface area contributed by atoms with Crippen molar-refractivity contribution in [1.82, 2.24) is 5.32 Å². The van der Waals surface area contributed by atoms with Crippen LogP contribution in [0.5, 0.6) is 0 Å². The Labute approximate surface area is 215 Å². The molecule has 34 heavy (non-hydrogen) atoms. The number of hydrogen-bond donors (Lipinski definition) is 1. The van der Waals surface area contributed by atoms with Crippen LogP contribution in [0.15, 0.2) is 76.5 Å². The molecular weight excluding hydrogens is 511 g/mol. The molecule has 0 unspecified atom stereocenters. The number of sulfonamides is 1. The summed E-state index contributed by atoms with van der Waals surface area (Å²) in [6.07, 6.45) is 0.736. The van der Waals surface area contributed by atoms with Crippen molar-refractivity contribution in [2.24, 2.45) is 0 Å². The van der Waals surface area contributed by atoms with Crippen LogP contribution >= 0.6 is 35.0 Å².